The van der Waals surface area contributed by atoms with Crippen LogP contribution >= 0.6 is 0 Å². The predicted molar refractivity (Wildman–Crippen MR) is 79.6 cm³/mol. The summed E-state index contributed by atoms with van der Waals surface area (Å²) in [6.45, 7) is 5.45. The Morgan fingerprint density at radius 2 is 2.10 bits per heavy atom. The van der Waals surface area contributed by atoms with Crippen molar-refractivity contribution in [2.75, 3.05) is 39.8 Å². The second kappa shape index (κ2) is 8.22. The Balaban J connectivity index is 1.53. The van der Waals surface area contributed by atoms with E-state index in [-0.39, 0.29) is 5.82 Å². The summed E-state index contributed by atoms with van der Waals surface area (Å²) in [7, 11) is 2.02. The topological polar surface area (TPSA) is 24.5 Å². The van der Waals surface area contributed by atoms with E-state index in [1.807, 2.05) is 7.05 Å². The van der Waals surface area contributed by atoms with Crippen LogP contribution in [0.2, 0.25) is 0 Å². The minimum Gasteiger partial charge on any atom is -0.494 e. The van der Waals surface area contributed by atoms with Gasteiger partial charge in [0.2, 0.25) is 0 Å². The zero-order valence-corrected chi connectivity index (χ0v) is 12.3. The molecule has 20 heavy (non-hydrogen) atoms. The van der Waals surface area contributed by atoms with E-state index in [9.17, 15) is 4.39 Å². The number of nitrogens with zero attached hydrogens (tertiary/aromatic N) is 1. The van der Waals surface area contributed by atoms with Crippen LogP contribution in [-0.2, 0) is 0 Å². The fourth-order valence-electron chi connectivity index (χ4n) is 2.73. The van der Waals surface area contributed by atoms with Crippen LogP contribution in [-0.4, -0.2) is 44.7 Å². The molecule has 0 bridgehead atoms. The Morgan fingerprint density at radius 1 is 1.30 bits per heavy atom. The molecule has 0 amide bonds. The van der Waals surface area contributed by atoms with Crippen molar-refractivity contribution < 1.29 is 9.13 Å². The van der Waals surface area contributed by atoms with Gasteiger partial charge in [-0.3, -0.25) is 0 Å². The molecule has 1 aromatic carbocycles. The summed E-state index contributed by atoms with van der Waals surface area (Å²) in [5, 5.41) is 3.26. The van der Waals surface area contributed by atoms with Crippen LogP contribution in [0.1, 0.15) is 19.3 Å². The minimum absolute atomic E-state index is 0.220. The van der Waals surface area contributed by atoms with Gasteiger partial charge >= 0.3 is 0 Å². The van der Waals surface area contributed by atoms with Crippen molar-refractivity contribution in [1.29, 1.82) is 0 Å². The summed E-state index contributed by atoms with van der Waals surface area (Å²) >= 11 is 0. The zero-order chi connectivity index (χ0) is 14.2. The van der Waals surface area contributed by atoms with Gasteiger partial charge in [-0.25, -0.2) is 4.39 Å². The van der Waals surface area contributed by atoms with Gasteiger partial charge in [0.15, 0.2) is 0 Å². The number of nitrogens with one attached hydrogen (secondary N) is 1. The van der Waals surface area contributed by atoms with Crippen molar-refractivity contribution in [2.45, 2.75) is 19.3 Å². The highest BCUT2D eigenvalue weighted by Crippen LogP contribution is 2.16. The maximum Gasteiger partial charge on any atom is 0.123 e. The van der Waals surface area contributed by atoms with Gasteiger partial charge in [0.1, 0.15) is 11.6 Å². The average Bonchev–Trinajstić information content (AvgIpc) is 2.89. The molecule has 1 aliphatic heterocycles. The molecule has 0 aromatic heterocycles. The molecule has 0 radical (unpaired) electrons. The van der Waals surface area contributed by atoms with Crippen LogP contribution < -0.4 is 10.1 Å². The molecule has 0 aliphatic carbocycles. The molecule has 112 valence electrons. The van der Waals surface area contributed by atoms with E-state index in [0.717, 1.165) is 37.6 Å². The van der Waals surface area contributed by atoms with Crippen LogP contribution in [0.3, 0.4) is 0 Å². The van der Waals surface area contributed by atoms with E-state index in [0.29, 0.717) is 6.61 Å². The van der Waals surface area contributed by atoms with Gasteiger partial charge in [-0.2, -0.15) is 0 Å². The molecule has 1 atom stereocenters. The first-order valence-corrected chi connectivity index (χ1v) is 7.53. The lowest BCUT2D eigenvalue weighted by atomic mass is 10.1. The Bertz CT molecular complexity index is 383. The number of hydrogen-bond donors (Lipinski definition) is 1. The zero-order valence-electron chi connectivity index (χ0n) is 12.3. The van der Waals surface area contributed by atoms with Crippen LogP contribution in [0.4, 0.5) is 4.39 Å². The molecule has 0 saturated carbocycles. The highest BCUT2D eigenvalue weighted by molar-refractivity contribution is 5.21. The number of rotatable bonds is 8. The predicted octanol–water partition coefficient (Wildman–Crippen LogP) is 2.53. The summed E-state index contributed by atoms with van der Waals surface area (Å²) in [4.78, 5) is 2.54. The summed E-state index contributed by atoms with van der Waals surface area (Å²) in [6, 6.07) is 6.22. The lowest BCUT2D eigenvalue weighted by molar-refractivity contribution is 0.275. The SMILES string of the molecule is CNCC1CCN(CCCCOc2ccc(F)cc2)C1. The Morgan fingerprint density at radius 3 is 2.85 bits per heavy atom. The van der Waals surface area contributed by atoms with Crippen LogP contribution in [0.15, 0.2) is 24.3 Å². The fraction of sp³-hybridized carbons (Fsp3) is 0.625. The molecule has 1 unspecified atom stereocenters. The summed E-state index contributed by atoms with van der Waals surface area (Å²) in [6.07, 6.45) is 3.52. The molecule has 1 aliphatic rings. The summed E-state index contributed by atoms with van der Waals surface area (Å²) < 4.78 is 18.3. The van der Waals surface area contributed by atoms with Gasteiger partial charge in [-0.1, -0.05) is 0 Å². The highest BCUT2D eigenvalue weighted by Gasteiger charge is 2.20. The number of likely N-dealkylation sites (tertiary alicyclic amines) is 1. The molecule has 1 N–H and O–H groups in total. The third-order valence-electron chi connectivity index (χ3n) is 3.81. The van der Waals surface area contributed by atoms with Gasteiger partial charge in [-0.15, -0.1) is 0 Å². The molecule has 4 heteroatoms. The van der Waals surface area contributed by atoms with E-state index in [1.165, 1.54) is 31.6 Å². The number of ether oxygens (including phenoxy) is 1. The molecule has 3 nitrogen and oxygen atoms in total. The minimum atomic E-state index is -0.220. The molecule has 1 fully saturated rings. The van der Waals surface area contributed by atoms with Gasteiger partial charge < -0.3 is 15.0 Å². The fourth-order valence-corrected chi connectivity index (χ4v) is 2.73. The van der Waals surface area contributed by atoms with Crippen molar-refractivity contribution in [3.05, 3.63) is 30.1 Å². The number of halogens is 1. The summed E-state index contributed by atoms with van der Waals surface area (Å²) in [5.41, 5.74) is 0. The van der Waals surface area contributed by atoms with Crippen LogP contribution in [0.5, 0.6) is 5.75 Å². The Labute approximate surface area is 121 Å². The second-order valence-corrected chi connectivity index (χ2v) is 5.52. The van der Waals surface area contributed by atoms with Crippen molar-refractivity contribution in [3.63, 3.8) is 0 Å². The monoisotopic (exact) mass is 280 g/mol. The maximum absolute atomic E-state index is 12.7. The molecule has 0 spiro atoms. The van der Waals surface area contributed by atoms with Crippen LogP contribution in [0.25, 0.3) is 0 Å². The molecule has 1 heterocycles. The standard InChI is InChI=1S/C16H25FN2O/c1-18-12-14-8-10-19(13-14)9-2-3-11-20-16-6-4-15(17)5-7-16/h4-7,14,18H,2-3,8-13H2,1H3. The van der Waals surface area contributed by atoms with Gasteiger partial charge in [0, 0.05) is 6.54 Å². The van der Waals surface area contributed by atoms with E-state index in [4.69, 9.17) is 4.74 Å². The Hall–Kier alpha value is -1.13. The number of unbranched alkanes of at least 4 members (excludes halogenated alkanes) is 1. The average molecular weight is 280 g/mol. The van der Waals surface area contributed by atoms with Crippen LogP contribution in [0, 0.1) is 11.7 Å². The quantitative estimate of drug-likeness (QED) is 0.741. The van der Waals surface area contributed by atoms with Crippen molar-refractivity contribution in [3.8, 4) is 5.75 Å². The first-order valence-electron chi connectivity index (χ1n) is 7.53. The Kier molecular flexibility index (Phi) is 6.27. The summed E-state index contributed by atoms with van der Waals surface area (Å²) in [5.74, 6) is 1.35. The molecule has 1 aromatic rings. The van der Waals surface area contributed by atoms with E-state index >= 15 is 0 Å². The third-order valence-corrected chi connectivity index (χ3v) is 3.81. The van der Waals surface area contributed by atoms with Crippen molar-refractivity contribution >= 4 is 0 Å². The highest BCUT2D eigenvalue weighted by atomic mass is 19.1. The van der Waals surface area contributed by atoms with E-state index in [2.05, 4.69) is 10.2 Å². The van der Waals surface area contributed by atoms with Gasteiger partial charge in [-0.05, 0) is 76.1 Å². The smallest absolute Gasteiger partial charge is 0.123 e. The first-order chi connectivity index (χ1) is 9.78. The first kappa shape index (κ1) is 15.3. The number of benzene rings is 1. The van der Waals surface area contributed by atoms with Crippen molar-refractivity contribution in [2.24, 2.45) is 5.92 Å². The molecular formula is C16H25FN2O. The lowest BCUT2D eigenvalue weighted by Gasteiger charge is -2.15. The molecular weight excluding hydrogens is 255 g/mol. The normalized spacial score (nSPS) is 19.4. The van der Waals surface area contributed by atoms with Gasteiger partial charge in [0.05, 0.1) is 6.61 Å². The van der Waals surface area contributed by atoms with E-state index in [1.54, 1.807) is 12.1 Å². The second-order valence-electron chi connectivity index (χ2n) is 5.52. The lowest BCUT2D eigenvalue weighted by Crippen LogP contribution is -2.25. The third kappa shape index (κ3) is 5.10. The molecule has 1 saturated heterocycles. The maximum atomic E-state index is 12.7. The number of hydrogen-bond acceptors (Lipinski definition) is 3. The van der Waals surface area contributed by atoms with Gasteiger partial charge in [0.25, 0.3) is 0 Å². The largest absolute Gasteiger partial charge is 0.494 e. The van der Waals surface area contributed by atoms with E-state index < -0.39 is 0 Å². The molecule has 2 rings (SSSR count). The van der Waals surface area contributed by atoms with Crippen molar-refractivity contribution in [1.82, 2.24) is 10.2 Å².